The molecule has 29 heavy (non-hydrogen) atoms. The second-order valence-corrected chi connectivity index (χ2v) is 10.5. The van der Waals surface area contributed by atoms with E-state index in [1.54, 1.807) is 0 Å². The number of aryl methyl sites for hydroxylation is 2. The van der Waals surface area contributed by atoms with Crippen LogP contribution in [0.25, 0.3) is 33.2 Å². The topological polar surface area (TPSA) is 26.0 Å². The highest BCUT2D eigenvalue weighted by molar-refractivity contribution is 6.16. The van der Waals surface area contributed by atoms with Crippen LogP contribution in [0.3, 0.4) is 0 Å². The molecule has 0 radical (unpaired) electrons. The number of furan rings is 1. The van der Waals surface area contributed by atoms with Gasteiger partial charge in [0.25, 0.3) is 0 Å². The Bertz CT molecular complexity index is 1300. The monoisotopic (exact) mass is 383 g/mol. The molecule has 0 bridgehead atoms. The van der Waals surface area contributed by atoms with E-state index in [1.165, 1.54) is 44.2 Å². The molecule has 0 spiro atoms. The highest BCUT2D eigenvalue weighted by Gasteiger charge is 2.35. The van der Waals surface area contributed by atoms with Crippen molar-refractivity contribution in [2.75, 3.05) is 0 Å². The van der Waals surface area contributed by atoms with Crippen molar-refractivity contribution in [3.05, 3.63) is 64.3 Å². The van der Waals surface area contributed by atoms with Crippen LogP contribution in [0, 0.1) is 19.3 Å². The van der Waals surface area contributed by atoms with Crippen molar-refractivity contribution in [3.8, 4) is 11.3 Å². The van der Waals surface area contributed by atoms with Gasteiger partial charge in [-0.05, 0) is 53.5 Å². The van der Waals surface area contributed by atoms with E-state index in [1.807, 2.05) is 6.20 Å². The van der Waals surface area contributed by atoms with E-state index in [-0.39, 0.29) is 10.8 Å². The summed E-state index contributed by atoms with van der Waals surface area (Å²) < 4.78 is 6.62. The Morgan fingerprint density at radius 3 is 2.41 bits per heavy atom. The summed E-state index contributed by atoms with van der Waals surface area (Å²) >= 11 is 0. The lowest BCUT2D eigenvalue weighted by atomic mass is 9.75. The molecule has 0 saturated carbocycles. The van der Waals surface area contributed by atoms with Crippen molar-refractivity contribution in [1.82, 2.24) is 4.98 Å². The van der Waals surface area contributed by atoms with Crippen LogP contribution in [-0.2, 0) is 11.8 Å². The van der Waals surface area contributed by atoms with Gasteiger partial charge in [0, 0.05) is 27.9 Å². The number of pyridine rings is 1. The van der Waals surface area contributed by atoms with E-state index in [4.69, 9.17) is 9.40 Å². The van der Waals surface area contributed by atoms with Crippen LogP contribution in [0.4, 0.5) is 0 Å². The molecular weight excluding hydrogens is 354 g/mol. The Labute approximate surface area is 173 Å². The molecular formula is C27H29NO. The Balaban J connectivity index is 2.01. The molecule has 0 N–H and O–H groups in total. The maximum absolute atomic E-state index is 6.62. The molecule has 2 heterocycles. The maximum atomic E-state index is 6.62. The predicted octanol–water partition coefficient (Wildman–Crippen LogP) is 7.49. The number of aromatic nitrogens is 1. The second-order valence-electron chi connectivity index (χ2n) is 10.5. The van der Waals surface area contributed by atoms with Gasteiger partial charge in [-0.3, -0.25) is 4.98 Å². The summed E-state index contributed by atoms with van der Waals surface area (Å²) in [6.45, 7) is 15.8. The molecule has 0 atom stereocenters. The summed E-state index contributed by atoms with van der Waals surface area (Å²) in [7, 11) is 0. The third kappa shape index (κ3) is 2.58. The van der Waals surface area contributed by atoms with E-state index in [2.05, 4.69) is 78.8 Å². The number of fused-ring (bicyclic) bond motifs is 2. The molecule has 0 fully saturated rings. The minimum Gasteiger partial charge on any atom is -0.455 e. The zero-order valence-corrected chi connectivity index (χ0v) is 18.5. The van der Waals surface area contributed by atoms with Gasteiger partial charge in [0.05, 0.1) is 5.69 Å². The molecule has 2 aromatic heterocycles. The van der Waals surface area contributed by atoms with Gasteiger partial charge in [-0.15, -0.1) is 0 Å². The summed E-state index contributed by atoms with van der Waals surface area (Å²) in [5, 5.41) is 2.51. The van der Waals surface area contributed by atoms with E-state index in [0.717, 1.165) is 23.3 Å². The SMILES string of the molecule is Cc1cnc2c(c1)C(C)(C)c1ccc(CC(C)(C)C)c3oc4c(C)ccc-2c4c13. The van der Waals surface area contributed by atoms with E-state index in [0.29, 0.717) is 0 Å². The van der Waals surface area contributed by atoms with Gasteiger partial charge < -0.3 is 4.42 Å². The van der Waals surface area contributed by atoms with Gasteiger partial charge in [-0.1, -0.05) is 65.0 Å². The average Bonchev–Trinajstić information content (AvgIpc) is 3.00. The van der Waals surface area contributed by atoms with Gasteiger partial charge in [0.2, 0.25) is 0 Å². The minimum absolute atomic E-state index is 0.156. The van der Waals surface area contributed by atoms with Crippen LogP contribution >= 0.6 is 0 Å². The molecule has 1 aliphatic carbocycles. The molecule has 5 rings (SSSR count). The smallest absolute Gasteiger partial charge is 0.139 e. The Morgan fingerprint density at radius 1 is 0.931 bits per heavy atom. The van der Waals surface area contributed by atoms with Gasteiger partial charge in [0.15, 0.2) is 0 Å². The largest absolute Gasteiger partial charge is 0.455 e. The molecule has 4 aromatic rings. The van der Waals surface area contributed by atoms with Crippen molar-refractivity contribution >= 4 is 21.9 Å². The number of nitrogens with zero attached hydrogens (tertiary/aromatic N) is 1. The van der Waals surface area contributed by atoms with Crippen LogP contribution in [0.15, 0.2) is 40.9 Å². The van der Waals surface area contributed by atoms with Crippen LogP contribution in [-0.4, -0.2) is 4.98 Å². The molecule has 2 aromatic carbocycles. The first-order valence-electron chi connectivity index (χ1n) is 10.5. The summed E-state index contributed by atoms with van der Waals surface area (Å²) in [6, 6.07) is 11.3. The lowest BCUT2D eigenvalue weighted by molar-refractivity contribution is 0.410. The average molecular weight is 384 g/mol. The first-order valence-corrected chi connectivity index (χ1v) is 10.5. The normalized spacial score (nSPS) is 15.1. The third-order valence-corrected chi connectivity index (χ3v) is 6.39. The van der Waals surface area contributed by atoms with E-state index >= 15 is 0 Å². The number of rotatable bonds is 1. The number of benzene rings is 2. The summed E-state index contributed by atoms with van der Waals surface area (Å²) in [5.74, 6) is 0. The molecule has 0 amide bonds. The lowest BCUT2D eigenvalue weighted by Gasteiger charge is -2.28. The highest BCUT2D eigenvalue weighted by Crippen LogP contribution is 2.50. The van der Waals surface area contributed by atoms with Crippen molar-refractivity contribution < 1.29 is 4.42 Å². The Morgan fingerprint density at radius 2 is 1.69 bits per heavy atom. The molecule has 148 valence electrons. The molecule has 0 saturated heterocycles. The van der Waals surface area contributed by atoms with Crippen LogP contribution in [0.5, 0.6) is 0 Å². The summed E-state index contributed by atoms with van der Waals surface area (Å²) in [6.07, 6.45) is 2.97. The lowest BCUT2D eigenvalue weighted by Crippen LogP contribution is -2.20. The zero-order chi connectivity index (χ0) is 20.7. The summed E-state index contributed by atoms with van der Waals surface area (Å²) in [5.41, 5.74) is 10.7. The van der Waals surface area contributed by atoms with Crippen LogP contribution in [0.1, 0.15) is 62.4 Å². The van der Waals surface area contributed by atoms with Crippen molar-refractivity contribution in [3.63, 3.8) is 0 Å². The van der Waals surface area contributed by atoms with Crippen LogP contribution in [0.2, 0.25) is 0 Å². The molecule has 0 unspecified atom stereocenters. The van der Waals surface area contributed by atoms with Gasteiger partial charge in [-0.2, -0.15) is 0 Å². The predicted molar refractivity (Wildman–Crippen MR) is 122 cm³/mol. The van der Waals surface area contributed by atoms with Crippen molar-refractivity contribution in [1.29, 1.82) is 0 Å². The first-order chi connectivity index (χ1) is 13.6. The fraction of sp³-hybridized carbons (Fsp3) is 0.370. The summed E-state index contributed by atoms with van der Waals surface area (Å²) in [4.78, 5) is 4.92. The second kappa shape index (κ2) is 5.72. The molecule has 1 aliphatic rings. The highest BCUT2D eigenvalue weighted by atomic mass is 16.3. The van der Waals surface area contributed by atoms with Gasteiger partial charge >= 0.3 is 0 Å². The number of hydrogen-bond donors (Lipinski definition) is 0. The maximum Gasteiger partial charge on any atom is 0.139 e. The Kier molecular flexibility index (Phi) is 3.63. The fourth-order valence-electron chi connectivity index (χ4n) is 4.99. The number of hydrogen-bond acceptors (Lipinski definition) is 2. The van der Waals surface area contributed by atoms with Gasteiger partial charge in [0.1, 0.15) is 11.2 Å². The van der Waals surface area contributed by atoms with Crippen molar-refractivity contribution in [2.24, 2.45) is 5.41 Å². The Hall–Kier alpha value is -2.61. The van der Waals surface area contributed by atoms with Crippen LogP contribution < -0.4 is 0 Å². The third-order valence-electron chi connectivity index (χ3n) is 6.39. The fourth-order valence-corrected chi connectivity index (χ4v) is 4.99. The van der Waals surface area contributed by atoms with Gasteiger partial charge in [-0.25, -0.2) is 0 Å². The first kappa shape index (κ1) is 18.4. The zero-order valence-electron chi connectivity index (χ0n) is 18.5. The minimum atomic E-state index is -0.156. The van der Waals surface area contributed by atoms with Crippen molar-refractivity contribution in [2.45, 2.75) is 60.3 Å². The molecule has 2 heteroatoms. The van der Waals surface area contributed by atoms with E-state index in [9.17, 15) is 0 Å². The van der Waals surface area contributed by atoms with E-state index < -0.39 is 0 Å². The standard InChI is InChI=1S/C27H29NO/c1-15-12-20-23(28-14-15)18-10-8-16(2)24-21(18)22-19(27(20,6)7)11-9-17(25(22)29-24)13-26(3,4)5/h8-12,14H,13H2,1-7H3. The quantitative estimate of drug-likeness (QED) is 0.340. The molecule has 0 aliphatic heterocycles. The molecule has 2 nitrogen and oxygen atoms in total.